The smallest absolute Gasteiger partial charge is 0.259 e. The highest BCUT2D eigenvalue weighted by Gasteiger charge is 2.16. The predicted molar refractivity (Wildman–Crippen MR) is 106 cm³/mol. The number of halogens is 3. The number of aryl methyl sites for hydroxylation is 3. The van der Waals surface area contributed by atoms with Crippen molar-refractivity contribution >= 4 is 39.1 Å². The summed E-state index contributed by atoms with van der Waals surface area (Å²) in [6, 6.07) is 1.55. The molecule has 0 atom stereocenters. The van der Waals surface area contributed by atoms with Crippen molar-refractivity contribution in [1.29, 1.82) is 0 Å². The molecule has 2 heterocycles. The summed E-state index contributed by atoms with van der Waals surface area (Å²) in [5, 5.41) is 4.91. The van der Waals surface area contributed by atoms with Gasteiger partial charge in [-0.1, -0.05) is 0 Å². The van der Waals surface area contributed by atoms with E-state index < -0.39 is 41.5 Å². The number of benzene rings is 1. The Morgan fingerprint density at radius 1 is 1.13 bits per heavy atom. The molecule has 1 aromatic carbocycles. The van der Waals surface area contributed by atoms with E-state index in [9.17, 15) is 27.6 Å². The molecule has 0 unspecified atom stereocenters. The van der Waals surface area contributed by atoms with Crippen molar-refractivity contribution < 1.29 is 22.8 Å². The summed E-state index contributed by atoms with van der Waals surface area (Å²) >= 11 is 1.39. The van der Waals surface area contributed by atoms with Gasteiger partial charge in [-0.25, -0.2) is 18.2 Å². The Morgan fingerprint density at radius 2 is 1.87 bits per heavy atom. The van der Waals surface area contributed by atoms with Gasteiger partial charge >= 0.3 is 0 Å². The number of aromatic amines is 1. The van der Waals surface area contributed by atoms with E-state index in [4.69, 9.17) is 0 Å². The second kappa shape index (κ2) is 8.66. The predicted octanol–water partition coefficient (Wildman–Crippen LogP) is 2.71. The van der Waals surface area contributed by atoms with Gasteiger partial charge < -0.3 is 15.6 Å². The monoisotopic (exact) mass is 438 g/mol. The zero-order chi connectivity index (χ0) is 22.0. The van der Waals surface area contributed by atoms with Crippen molar-refractivity contribution in [2.24, 2.45) is 0 Å². The van der Waals surface area contributed by atoms with Gasteiger partial charge in [-0.3, -0.25) is 14.4 Å². The number of carbonyl (C=O) groups excluding carboxylic acids is 2. The number of nitrogens with zero attached hydrogens (tertiary/aromatic N) is 1. The zero-order valence-electron chi connectivity index (χ0n) is 16.0. The maximum absolute atomic E-state index is 13.5. The van der Waals surface area contributed by atoms with Gasteiger partial charge in [0.1, 0.15) is 10.7 Å². The lowest BCUT2D eigenvalue weighted by atomic mass is 10.2. The van der Waals surface area contributed by atoms with E-state index in [1.807, 2.05) is 19.2 Å². The van der Waals surface area contributed by atoms with Crippen LogP contribution < -0.4 is 16.2 Å². The van der Waals surface area contributed by atoms with Crippen LogP contribution in [0.25, 0.3) is 10.2 Å². The van der Waals surface area contributed by atoms with Crippen LogP contribution in [-0.4, -0.2) is 28.3 Å². The second-order valence-electron chi connectivity index (χ2n) is 6.52. The molecule has 0 fully saturated rings. The molecular weight excluding hydrogens is 421 g/mol. The molecule has 2 amide bonds. The summed E-state index contributed by atoms with van der Waals surface area (Å²) in [5.41, 5.74) is 0.0616. The Hall–Kier alpha value is -3.21. The summed E-state index contributed by atoms with van der Waals surface area (Å²) < 4.78 is 39.6. The maximum atomic E-state index is 13.5. The molecule has 11 heteroatoms. The number of thiophene rings is 1. The van der Waals surface area contributed by atoms with Crippen molar-refractivity contribution in [2.45, 2.75) is 26.7 Å². The molecule has 7 nitrogen and oxygen atoms in total. The number of nitrogens with one attached hydrogen (secondary N) is 3. The van der Waals surface area contributed by atoms with E-state index in [0.29, 0.717) is 22.1 Å². The second-order valence-corrected chi connectivity index (χ2v) is 7.73. The van der Waals surface area contributed by atoms with Crippen molar-refractivity contribution in [1.82, 2.24) is 15.3 Å². The zero-order valence-corrected chi connectivity index (χ0v) is 16.8. The average molecular weight is 438 g/mol. The van der Waals surface area contributed by atoms with Gasteiger partial charge in [-0.15, -0.1) is 11.3 Å². The molecular formula is C19H17F3N4O3S. The number of H-pyrrole nitrogens is 1. The molecule has 0 saturated carbocycles. The Labute approximate surface area is 172 Å². The molecule has 0 bridgehead atoms. The van der Waals surface area contributed by atoms with Crippen LogP contribution in [0.3, 0.4) is 0 Å². The first-order valence-corrected chi connectivity index (χ1v) is 9.68. The average Bonchev–Trinajstić information content (AvgIpc) is 2.99. The molecule has 0 aliphatic rings. The standard InChI is InChI=1S/C19H17F3N4O3S/c1-8-9(2)30-19-15(8)18(29)25-12(26-19)5-6-13(27)23-7-14(28)24-11-4-3-10(20)16(21)17(11)22/h3-4H,5-7H2,1-2H3,(H,23,27)(H,24,28)(H,25,26,29). The minimum absolute atomic E-state index is 0.0510. The third-order valence-corrected chi connectivity index (χ3v) is 5.53. The lowest BCUT2D eigenvalue weighted by molar-refractivity contribution is -0.124. The lowest BCUT2D eigenvalue weighted by Gasteiger charge is -2.08. The van der Waals surface area contributed by atoms with E-state index in [-0.39, 0.29) is 18.4 Å². The molecule has 0 radical (unpaired) electrons. The fourth-order valence-corrected chi connectivity index (χ4v) is 3.78. The van der Waals surface area contributed by atoms with Crippen LogP contribution >= 0.6 is 11.3 Å². The number of amides is 2. The van der Waals surface area contributed by atoms with Crippen LogP contribution in [0.4, 0.5) is 18.9 Å². The van der Waals surface area contributed by atoms with E-state index in [2.05, 4.69) is 15.3 Å². The molecule has 2 aromatic heterocycles. The molecule has 3 rings (SSSR count). The largest absolute Gasteiger partial charge is 0.347 e. The third-order valence-electron chi connectivity index (χ3n) is 4.43. The SMILES string of the molecule is Cc1sc2nc(CCC(=O)NCC(=O)Nc3ccc(F)c(F)c3F)[nH]c(=O)c2c1C. The normalized spacial score (nSPS) is 11.0. The lowest BCUT2D eigenvalue weighted by Crippen LogP contribution is -2.33. The van der Waals surface area contributed by atoms with Crippen molar-refractivity contribution in [2.75, 3.05) is 11.9 Å². The molecule has 3 aromatic rings. The number of hydrogen-bond acceptors (Lipinski definition) is 5. The topological polar surface area (TPSA) is 104 Å². The Balaban J connectivity index is 1.54. The fraction of sp³-hybridized carbons (Fsp3) is 0.263. The van der Waals surface area contributed by atoms with Gasteiger partial charge in [0.25, 0.3) is 5.56 Å². The number of hydrogen-bond donors (Lipinski definition) is 3. The van der Waals surface area contributed by atoms with Crippen LogP contribution in [-0.2, 0) is 16.0 Å². The maximum Gasteiger partial charge on any atom is 0.259 e. The summed E-state index contributed by atoms with van der Waals surface area (Å²) in [4.78, 5) is 44.6. The molecule has 0 aliphatic heterocycles. The van der Waals surface area contributed by atoms with Gasteiger partial charge in [0.2, 0.25) is 11.8 Å². The van der Waals surface area contributed by atoms with E-state index >= 15 is 0 Å². The first-order chi connectivity index (χ1) is 14.2. The summed E-state index contributed by atoms with van der Waals surface area (Å²) in [7, 11) is 0. The highest BCUT2D eigenvalue weighted by atomic mass is 32.1. The fourth-order valence-electron chi connectivity index (χ4n) is 2.73. The van der Waals surface area contributed by atoms with Crippen molar-refractivity contribution in [3.63, 3.8) is 0 Å². The molecule has 0 spiro atoms. The number of fused-ring (bicyclic) bond motifs is 1. The van der Waals surface area contributed by atoms with E-state index in [1.54, 1.807) is 0 Å². The van der Waals surface area contributed by atoms with Gasteiger partial charge in [0.15, 0.2) is 17.5 Å². The van der Waals surface area contributed by atoms with Crippen LogP contribution in [0.2, 0.25) is 0 Å². The van der Waals surface area contributed by atoms with E-state index in [0.717, 1.165) is 16.5 Å². The van der Waals surface area contributed by atoms with Gasteiger partial charge in [-0.2, -0.15) is 0 Å². The molecule has 0 aliphatic carbocycles. The molecule has 158 valence electrons. The van der Waals surface area contributed by atoms with Crippen LogP contribution in [0.15, 0.2) is 16.9 Å². The Bertz CT molecular complexity index is 1210. The van der Waals surface area contributed by atoms with E-state index in [1.165, 1.54) is 11.3 Å². The first-order valence-electron chi connectivity index (χ1n) is 8.86. The highest BCUT2D eigenvalue weighted by Crippen LogP contribution is 2.25. The number of rotatable bonds is 6. The van der Waals surface area contributed by atoms with Crippen molar-refractivity contribution in [3.05, 3.63) is 56.2 Å². The number of anilines is 1. The molecule has 3 N–H and O–H groups in total. The van der Waals surface area contributed by atoms with Gasteiger partial charge in [0.05, 0.1) is 17.6 Å². The third kappa shape index (κ3) is 4.51. The minimum atomic E-state index is -1.70. The number of carbonyl (C=O) groups is 2. The molecule has 30 heavy (non-hydrogen) atoms. The summed E-state index contributed by atoms with van der Waals surface area (Å²) in [6.45, 7) is 3.24. The summed E-state index contributed by atoms with van der Waals surface area (Å²) in [6.07, 6.45) is 0.0943. The number of aromatic nitrogens is 2. The van der Waals surface area contributed by atoms with Crippen LogP contribution in [0.5, 0.6) is 0 Å². The van der Waals surface area contributed by atoms with Gasteiger partial charge in [-0.05, 0) is 31.5 Å². The molecule has 0 saturated heterocycles. The minimum Gasteiger partial charge on any atom is -0.347 e. The Morgan fingerprint density at radius 3 is 2.60 bits per heavy atom. The summed E-state index contributed by atoms with van der Waals surface area (Å²) in [5.74, 6) is -5.58. The van der Waals surface area contributed by atoms with Crippen molar-refractivity contribution in [3.8, 4) is 0 Å². The Kier molecular flexibility index (Phi) is 6.20. The quantitative estimate of drug-likeness (QED) is 0.515. The van der Waals surface area contributed by atoms with Crippen LogP contribution in [0.1, 0.15) is 22.7 Å². The highest BCUT2D eigenvalue weighted by molar-refractivity contribution is 7.18. The van der Waals surface area contributed by atoms with Crippen LogP contribution in [0, 0.1) is 31.3 Å². The van der Waals surface area contributed by atoms with Gasteiger partial charge in [0, 0.05) is 17.7 Å². The first kappa shape index (κ1) is 21.5.